The van der Waals surface area contributed by atoms with Gasteiger partial charge in [-0.3, -0.25) is 4.79 Å². The van der Waals surface area contributed by atoms with E-state index in [2.05, 4.69) is 10.1 Å². The van der Waals surface area contributed by atoms with Gasteiger partial charge in [0.15, 0.2) is 11.9 Å². The lowest BCUT2D eigenvalue weighted by molar-refractivity contribution is -0.146. The maximum absolute atomic E-state index is 11.8. The standard InChI is InChI=1S/C16H19NO7S/c1-23-10-4-2-9(3-5-10)6-17-12(19)8-25-7-11(18)15-13(20)14(21)16(22)24-15/h2-5,11,15,18,20-21H,6-8H2,1H3,(H,17,19). The minimum atomic E-state index is -1.30. The molecule has 2 rings (SSSR count). The van der Waals surface area contributed by atoms with Gasteiger partial charge in [-0.2, -0.15) is 0 Å². The summed E-state index contributed by atoms with van der Waals surface area (Å²) in [6.07, 6.45) is -2.53. The van der Waals surface area contributed by atoms with E-state index in [-0.39, 0.29) is 17.4 Å². The summed E-state index contributed by atoms with van der Waals surface area (Å²) in [5.41, 5.74) is 0.919. The number of ether oxygens (including phenoxy) is 2. The number of carbonyl (C=O) groups excluding carboxylic acids is 2. The second-order valence-corrected chi connectivity index (χ2v) is 6.30. The SMILES string of the molecule is COc1ccc(CNC(=O)CSCC(O)C2OC(=O)C(O)=C2O)cc1. The molecule has 1 heterocycles. The van der Waals surface area contributed by atoms with Gasteiger partial charge in [0.05, 0.1) is 12.9 Å². The van der Waals surface area contributed by atoms with Crippen molar-refractivity contribution in [2.45, 2.75) is 18.8 Å². The maximum Gasteiger partial charge on any atom is 0.377 e. The fourth-order valence-electron chi connectivity index (χ4n) is 2.08. The van der Waals surface area contributed by atoms with E-state index in [4.69, 9.17) is 4.74 Å². The molecular weight excluding hydrogens is 350 g/mol. The fraction of sp³-hybridized carbons (Fsp3) is 0.375. The molecule has 1 aromatic carbocycles. The van der Waals surface area contributed by atoms with Crippen molar-refractivity contribution in [3.05, 3.63) is 41.3 Å². The average molecular weight is 369 g/mol. The van der Waals surface area contributed by atoms with E-state index < -0.39 is 29.7 Å². The number of benzene rings is 1. The van der Waals surface area contributed by atoms with E-state index >= 15 is 0 Å². The summed E-state index contributed by atoms with van der Waals surface area (Å²) in [6.45, 7) is 0.365. The number of thioether (sulfide) groups is 1. The molecule has 1 aliphatic heterocycles. The van der Waals surface area contributed by atoms with Crippen molar-refractivity contribution in [1.82, 2.24) is 5.32 Å². The molecule has 25 heavy (non-hydrogen) atoms. The summed E-state index contributed by atoms with van der Waals surface area (Å²) in [6, 6.07) is 7.27. The number of esters is 1. The molecule has 0 saturated carbocycles. The molecule has 1 aliphatic rings. The Kier molecular flexibility index (Phi) is 6.54. The topological polar surface area (TPSA) is 125 Å². The number of hydrogen-bond donors (Lipinski definition) is 4. The molecule has 0 spiro atoms. The van der Waals surface area contributed by atoms with Crippen molar-refractivity contribution in [1.29, 1.82) is 0 Å². The summed E-state index contributed by atoms with van der Waals surface area (Å²) in [5, 5.41) is 31.3. The minimum absolute atomic E-state index is 0.0469. The summed E-state index contributed by atoms with van der Waals surface area (Å²) in [4.78, 5) is 22.8. The molecule has 2 unspecified atom stereocenters. The number of hydrogen-bond acceptors (Lipinski definition) is 8. The first-order valence-corrected chi connectivity index (χ1v) is 8.56. The van der Waals surface area contributed by atoms with Gasteiger partial charge >= 0.3 is 5.97 Å². The lowest BCUT2D eigenvalue weighted by Crippen LogP contribution is -2.32. The zero-order chi connectivity index (χ0) is 18.4. The molecule has 0 bridgehead atoms. The summed E-state index contributed by atoms with van der Waals surface area (Å²) in [7, 11) is 1.58. The highest BCUT2D eigenvalue weighted by Crippen LogP contribution is 2.23. The van der Waals surface area contributed by atoms with E-state index in [1.165, 1.54) is 0 Å². The molecule has 4 N–H and O–H groups in total. The van der Waals surface area contributed by atoms with Gasteiger partial charge in [0.2, 0.25) is 11.7 Å². The summed E-state index contributed by atoms with van der Waals surface area (Å²) < 4.78 is 9.69. The molecule has 2 atom stereocenters. The van der Waals surface area contributed by atoms with Crippen molar-refractivity contribution in [3.8, 4) is 5.75 Å². The first-order chi connectivity index (χ1) is 11.9. The molecule has 136 valence electrons. The van der Waals surface area contributed by atoms with Crippen LogP contribution in [-0.2, 0) is 20.9 Å². The van der Waals surface area contributed by atoms with Gasteiger partial charge in [0.25, 0.3) is 0 Å². The average Bonchev–Trinajstić information content (AvgIpc) is 2.87. The Morgan fingerprint density at radius 1 is 1.36 bits per heavy atom. The predicted molar refractivity (Wildman–Crippen MR) is 90.3 cm³/mol. The minimum Gasteiger partial charge on any atom is -0.505 e. The largest absolute Gasteiger partial charge is 0.505 e. The molecule has 0 fully saturated rings. The van der Waals surface area contributed by atoms with Crippen LogP contribution in [0.4, 0.5) is 0 Å². The number of nitrogens with one attached hydrogen (secondary N) is 1. The molecule has 9 heteroatoms. The van der Waals surface area contributed by atoms with Crippen molar-refractivity contribution < 1.29 is 34.4 Å². The van der Waals surface area contributed by atoms with E-state index in [0.717, 1.165) is 23.1 Å². The molecule has 0 radical (unpaired) electrons. The van der Waals surface area contributed by atoms with Gasteiger partial charge < -0.3 is 30.1 Å². The van der Waals surface area contributed by atoms with Crippen LogP contribution in [0.3, 0.4) is 0 Å². The van der Waals surface area contributed by atoms with E-state index in [1.54, 1.807) is 19.2 Å². The maximum atomic E-state index is 11.8. The smallest absolute Gasteiger partial charge is 0.377 e. The molecule has 1 aromatic rings. The van der Waals surface area contributed by atoms with Crippen molar-refractivity contribution in [3.63, 3.8) is 0 Å². The van der Waals surface area contributed by atoms with Crippen LogP contribution in [0, 0.1) is 0 Å². The normalized spacial score (nSPS) is 18.0. The van der Waals surface area contributed by atoms with Gasteiger partial charge in [0, 0.05) is 12.3 Å². The van der Waals surface area contributed by atoms with Crippen molar-refractivity contribution in [2.24, 2.45) is 0 Å². The Morgan fingerprint density at radius 3 is 2.60 bits per heavy atom. The number of aliphatic hydroxyl groups excluding tert-OH is 3. The van der Waals surface area contributed by atoms with Crippen LogP contribution in [0.15, 0.2) is 35.8 Å². The third kappa shape index (κ3) is 5.04. The Hall–Kier alpha value is -2.39. The second-order valence-electron chi connectivity index (χ2n) is 5.27. The highest BCUT2D eigenvalue weighted by Gasteiger charge is 2.39. The Bertz CT molecular complexity index is 659. The zero-order valence-electron chi connectivity index (χ0n) is 13.5. The van der Waals surface area contributed by atoms with Crippen molar-refractivity contribution >= 4 is 23.6 Å². The Labute approximate surface area is 148 Å². The van der Waals surface area contributed by atoms with E-state index in [9.17, 15) is 24.9 Å². The van der Waals surface area contributed by atoms with E-state index in [1.807, 2.05) is 12.1 Å². The molecule has 8 nitrogen and oxygen atoms in total. The predicted octanol–water partition coefficient (Wildman–Crippen LogP) is 0.658. The molecule has 0 saturated heterocycles. The highest BCUT2D eigenvalue weighted by molar-refractivity contribution is 7.99. The van der Waals surface area contributed by atoms with Crippen LogP contribution in [0.25, 0.3) is 0 Å². The van der Waals surface area contributed by atoms with Gasteiger partial charge in [-0.25, -0.2) is 4.79 Å². The fourth-order valence-corrected chi connectivity index (χ4v) is 2.90. The van der Waals surface area contributed by atoms with Gasteiger partial charge in [-0.15, -0.1) is 11.8 Å². The molecule has 0 aliphatic carbocycles. The number of rotatable bonds is 8. The van der Waals surface area contributed by atoms with Crippen molar-refractivity contribution in [2.75, 3.05) is 18.6 Å². The van der Waals surface area contributed by atoms with Gasteiger partial charge in [-0.05, 0) is 17.7 Å². The lowest BCUT2D eigenvalue weighted by atomic mass is 10.2. The van der Waals surface area contributed by atoms with Crippen LogP contribution in [0.5, 0.6) is 5.75 Å². The van der Waals surface area contributed by atoms with Crippen LogP contribution in [0.1, 0.15) is 5.56 Å². The lowest BCUT2D eigenvalue weighted by Gasteiger charge is -2.16. The first-order valence-electron chi connectivity index (χ1n) is 7.41. The second kappa shape index (κ2) is 8.63. The number of aliphatic hydroxyl groups is 3. The zero-order valence-corrected chi connectivity index (χ0v) is 14.3. The molecular formula is C16H19NO7S. The van der Waals surface area contributed by atoms with Crippen LogP contribution >= 0.6 is 11.8 Å². The van der Waals surface area contributed by atoms with Crippen LogP contribution in [-0.4, -0.2) is 58.0 Å². The third-order valence-corrected chi connectivity index (χ3v) is 4.50. The Morgan fingerprint density at radius 2 is 2.04 bits per heavy atom. The van der Waals surface area contributed by atoms with Gasteiger partial charge in [0.1, 0.15) is 11.9 Å². The third-order valence-electron chi connectivity index (χ3n) is 3.46. The number of amides is 1. The summed E-state index contributed by atoms with van der Waals surface area (Å²) >= 11 is 1.11. The molecule has 0 aromatic heterocycles. The first kappa shape index (κ1) is 18.9. The Balaban J connectivity index is 1.69. The quantitative estimate of drug-likeness (QED) is 0.493. The number of carbonyl (C=O) groups is 2. The molecule has 1 amide bonds. The van der Waals surface area contributed by atoms with E-state index in [0.29, 0.717) is 6.54 Å². The van der Waals surface area contributed by atoms with Crippen LogP contribution in [0.2, 0.25) is 0 Å². The summed E-state index contributed by atoms with van der Waals surface area (Å²) in [5.74, 6) is -2.03. The van der Waals surface area contributed by atoms with Gasteiger partial charge in [-0.1, -0.05) is 12.1 Å². The number of methoxy groups -OCH3 is 1. The monoisotopic (exact) mass is 369 g/mol. The van der Waals surface area contributed by atoms with Crippen LogP contribution < -0.4 is 10.1 Å². The highest BCUT2D eigenvalue weighted by atomic mass is 32.2. The number of cyclic esters (lactones) is 1.